The lowest BCUT2D eigenvalue weighted by Crippen LogP contribution is -2.36. The van der Waals surface area contributed by atoms with Gasteiger partial charge in [0.25, 0.3) is 0 Å². The van der Waals surface area contributed by atoms with Gasteiger partial charge in [0.2, 0.25) is 5.88 Å². The van der Waals surface area contributed by atoms with Gasteiger partial charge >= 0.3 is 0 Å². The first-order chi connectivity index (χ1) is 14.3. The Morgan fingerprint density at radius 2 is 1.93 bits per heavy atom. The molecule has 0 amide bonds. The molecule has 0 spiro atoms. The summed E-state index contributed by atoms with van der Waals surface area (Å²) in [5, 5.41) is 7.92. The zero-order chi connectivity index (χ0) is 19.6. The van der Waals surface area contributed by atoms with Crippen LogP contribution in [0.25, 0.3) is 10.9 Å². The molecular formula is C20H23BrN6O2. The molecule has 3 aromatic heterocycles. The normalized spacial score (nSPS) is 22.7. The molecule has 0 radical (unpaired) electrons. The molecular weight excluding hydrogens is 436 g/mol. The number of morpholine rings is 1. The number of hydrogen-bond acceptors (Lipinski definition) is 7. The first-order valence-electron chi connectivity index (χ1n) is 10.1. The smallest absolute Gasteiger partial charge is 0.225 e. The molecule has 3 aromatic rings. The van der Waals surface area contributed by atoms with E-state index in [1.165, 1.54) is 0 Å². The van der Waals surface area contributed by atoms with E-state index in [0.29, 0.717) is 11.8 Å². The van der Waals surface area contributed by atoms with Crippen LogP contribution >= 0.6 is 15.9 Å². The number of fused-ring (bicyclic) bond motifs is 1. The zero-order valence-corrected chi connectivity index (χ0v) is 17.6. The molecule has 1 aliphatic heterocycles. The summed E-state index contributed by atoms with van der Waals surface area (Å²) in [5.41, 5.74) is 0.898. The van der Waals surface area contributed by atoms with E-state index in [4.69, 9.17) is 14.5 Å². The molecule has 8 nitrogen and oxygen atoms in total. The Labute approximate surface area is 177 Å². The summed E-state index contributed by atoms with van der Waals surface area (Å²) < 4.78 is 12.8. The number of ether oxygens (including phenoxy) is 2. The average Bonchev–Trinajstić information content (AvgIpc) is 3.30. The lowest BCUT2D eigenvalue weighted by molar-refractivity contribution is 0.121. The van der Waals surface area contributed by atoms with Gasteiger partial charge in [-0.25, -0.2) is 4.98 Å². The molecule has 9 heteroatoms. The summed E-state index contributed by atoms with van der Waals surface area (Å²) in [4.78, 5) is 16.0. The highest BCUT2D eigenvalue weighted by Gasteiger charge is 2.26. The minimum absolute atomic E-state index is 0.142. The van der Waals surface area contributed by atoms with Crippen LogP contribution in [0, 0.1) is 0 Å². The molecule has 1 saturated carbocycles. The van der Waals surface area contributed by atoms with Gasteiger partial charge in [0.05, 0.1) is 24.1 Å². The molecule has 1 N–H and O–H groups in total. The molecule has 1 saturated heterocycles. The van der Waals surface area contributed by atoms with Crippen molar-refractivity contribution in [3.8, 4) is 5.88 Å². The Hall–Kier alpha value is -2.26. The Kier molecular flexibility index (Phi) is 5.32. The highest BCUT2D eigenvalue weighted by molar-refractivity contribution is 9.10. The van der Waals surface area contributed by atoms with E-state index in [0.717, 1.165) is 79.0 Å². The van der Waals surface area contributed by atoms with Crippen molar-refractivity contribution < 1.29 is 9.47 Å². The Morgan fingerprint density at radius 3 is 2.69 bits per heavy atom. The third kappa shape index (κ3) is 4.06. The molecule has 0 unspecified atom stereocenters. The van der Waals surface area contributed by atoms with E-state index in [2.05, 4.69) is 41.0 Å². The molecule has 0 bridgehead atoms. The number of rotatable bonds is 4. The van der Waals surface area contributed by atoms with Gasteiger partial charge in [-0.1, -0.05) is 0 Å². The van der Waals surface area contributed by atoms with Gasteiger partial charge < -0.3 is 14.4 Å². The van der Waals surface area contributed by atoms with Crippen LogP contribution in [0.3, 0.4) is 0 Å². The van der Waals surface area contributed by atoms with Crippen LogP contribution in [-0.2, 0) is 4.74 Å². The van der Waals surface area contributed by atoms with E-state index in [-0.39, 0.29) is 6.10 Å². The predicted molar refractivity (Wildman–Crippen MR) is 112 cm³/mol. The van der Waals surface area contributed by atoms with Crippen LogP contribution in [0.1, 0.15) is 37.4 Å². The molecule has 0 aromatic carbocycles. The summed E-state index contributed by atoms with van der Waals surface area (Å²) >= 11 is 3.53. The fourth-order valence-electron chi connectivity index (χ4n) is 4.12. The van der Waals surface area contributed by atoms with Crippen molar-refractivity contribution in [2.24, 2.45) is 0 Å². The fraction of sp³-hybridized carbons (Fsp3) is 0.500. The number of halogens is 1. The van der Waals surface area contributed by atoms with Crippen LogP contribution in [0.15, 0.2) is 29.1 Å². The lowest BCUT2D eigenvalue weighted by Gasteiger charge is -2.30. The second kappa shape index (κ2) is 8.23. The first kappa shape index (κ1) is 18.7. The third-order valence-electron chi connectivity index (χ3n) is 5.71. The van der Waals surface area contributed by atoms with E-state index in [1.807, 2.05) is 18.3 Å². The second-order valence-electron chi connectivity index (χ2n) is 7.57. The van der Waals surface area contributed by atoms with Gasteiger partial charge in [0.1, 0.15) is 24.1 Å². The SMILES string of the molecule is Brc1cnc2cc(N3CCOCC3)nc(OC3CCC(c4ncn[nH]4)CC3)c2c1. The Bertz CT molecular complexity index is 969. The number of hydrogen-bond donors (Lipinski definition) is 1. The number of nitrogens with one attached hydrogen (secondary N) is 1. The number of aromatic amines is 1. The summed E-state index contributed by atoms with van der Waals surface area (Å²) in [5.74, 6) is 2.98. The number of aromatic nitrogens is 5. The Morgan fingerprint density at radius 1 is 1.10 bits per heavy atom. The van der Waals surface area contributed by atoms with Crippen LogP contribution in [0.5, 0.6) is 5.88 Å². The van der Waals surface area contributed by atoms with Gasteiger partial charge in [0.15, 0.2) is 0 Å². The van der Waals surface area contributed by atoms with E-state index >= 15 is 0 Å². The van der Waals surface area contributed by atoms with E-state index in [9.17, 15) is 0 Å². The van der Waals surface area contributed by atoms with Crippen LogP contribution in [0.4, 0.5) is 5.82 Å². The first-order valence-corrected chi connectivity index (χ1v) is 10.9. The van der Waals surface area contributed by atoms with Crippen LogP contribution in [0.2, 0.25) is 0 Å². The second-order valence-corrected chi connectivity index (χ2v) is 8.48. The van der Waals surface area contributed by atoms with Gasteiger partial charge in [0, 0.05) is 35.7 Å². The summed E-state index contributed by atoms with van der Waals surface area (Å²) in [6, 6.07) is 4.08. The average molecular weight is 459 g/mol. The van der Waals surface area contributed by atoms with Crippen LogP contribution in [-0.4, -0.2) is 57.6 Å². The maximum Gasteiger partial charge on any atom is 0.225 e. The third-order valence-corrected chi connectivity index (χ3v) is 6.14. The van der Waals surface area contributed by atoms with Crippen molar-refractivity contribution in [2.45, 2.75) is 37.7 Å². The summed E-state index contributed by atoms with van der Waals surface area (Å²) in [7, 11) is 0. The topological polar surface area (TPSA) is 89.1 Å². The standard InChI is InChI=1S/C20H23BrN6O2/c21-14-9-16-17(22-11-14)10-18(27-5-7-28-8-6-27)25-20(16)29-15-3-1-13(2-4-15)19-23-12-24-26-19/h9-13,15H,1-8H2,(H,23,24,26). The largest absolute Gasteiger partial charge is 0.474 e. The minimum Gasteiger partial charge on any atom is -0.474 e. The minimum atomic E-state index is 0.142. The van der Waals surface area contributed by atoms with Gasteiger partial charge in [-0.3, -0.25) is 10.1 Å². The van der Waals surface area contributed by atoms with E-state index < -0.39 is 0 Å². The van der Waals surface area contributed by atoms with Crippen LogP contribution < -0.4 is 9.64 Å². The predicted octanol–water partition coefficient (Wildman–Crippen LogP) is 3.45. The molecule has 4 heterocycles. The molecule has 2 aliphatic rings. The number of H-pyrrole nitrogens is 1. The quantitative estimate of drug-likeness (QED) is 0.639. The van der Waals surface area contributed by atoms with Crippen molar-refractivity contribution in [3.63, 3.8) is 0 Å². The summed E-state index contributed by atoms with van der Waals surface area (Å²) in [6.07, 6.45) is 7.54. The molecule has 2 fully saturated rings. The van der Waals surface area contributed by atoms with Gasteiger partial charge in [-0.15, -0.1) is 0 Å². The zero-order valence-electron chi connectivity index (χ0n) is 16.1. The molecule has 152 valence electrons. The maximum atomic E-state index is 6.44. The molecule has 0 atom stereocenters. The highest BCUT2D eigenvalue weighted by Crippen LogP contribution is 2.35. The highest BCUT2D eigenvalue weighted by atomic mass is 79.9. The van der Waals surface area contributed by atoms with Crippen molar-refractivity contribution >= 4 is 32.7 Å². The number of nitrogens with zero attached hydrogens (tertiary/aromatic N) is 5. The van der Waals surface area contributed by atoms with Gasteiger partial charge in [-0.05, 0) is 47.7 Å². The monoisotopic (exact) mass is 458 g/mol. The lowest BCUT2D eigenvalue weighted by atomic mass is 9.87. The van der Waals surface area contributed by atoms with Gasteiger partial charge in [-0.2, -0.15) is 10.1 Å². The van der Waals surface area contributed by atoms with E-state index in [1.54, 1.807) is 6.33 Å². The molecule has 5 rings (SSSR count). The number of anilines is 1. The summed E-state index contributed by atoms with van der Waals surface area (Å²) in [6.45, 7) is 3.10. The number of pyridine rings is 2. The molecule has 29 heavy (non-hydrogen) atoms. The Balaban J connectivity index is 1.38. The van der Waals surface area contributed by atoms with Crippen molar-refractivity contribution in [2.75, 3.05) is 31.2 Å². The fourth-order valence-corrected chi connectivity index (χ4v) is 4.45. The van der Waals surface area contributed by atoms with Crippen molar-refractivity contribution in [1.29, 1.82) is 0 Å². The van der Waals surface area contributed by atoms with Crippen molar-refractivity contribution in [1.82, 2.24) is 25.1 Å². The van der Waals surface area contributed by atoms with Crippen molar-refractivity contribution in [3.05, 3.63) is 35.0 Å². The molecule has 1 aliphatic carbocycles. The maximum absolute atomic E-state index is 6.44.